The minimum Gasteiger partial charge on any atom is -0.490 e. The van der Waals surface area contributed by atoms with Crippen LogP contribution < -0.4 is 14.2 Å². The summed E-state index contributed by atoms with van der Waals surface area (Å²) in [5.74, 6) is 0.121. The largest absolute Gasteiger partial charge is 0.490 e. The van der Waals surface area contributed by atoms with Crippen molar-refractivity contribution in [2.75, 3.05) is 17.9 Å². The fraction of sp³-hybridized carbons (Fsp3) is 0.240. The van der Waals surface area contributed by atoms with Crippen molar-refractivity contribution in [3.63, 3.8) is 0 Å². The Labute approximate surface area is 194 Å². The molecule has 0 saturated carbocycles. The van der Waals surface area contributed by atoms with E-state index in [9.17, 15) is 13.2 Å². The Balaban J connectivity index is 1.50. The van der Waals surface area contributed by atoms with Crippen LogP contribution >= 0.6 is 0 Å². The molecule has 0 atom stereocenters. The lowest BCUT2D eigenvalue weighted by atomic mass is 9.87. The van der Waals surface area contributed by atoms with E-state index in [1.165, 1.54) is 12.1 Å². The van der Waals surface area contributed by atoms with E-state index in [1.54, 1.807) is 48.5 Å². The van der Waals surface area contributed by atoms with E-state index in [1.807, 2.05) is 12.1 Å². The number of carboxylic acid groups (broad SMARTS) is 1. The summed E-state index contributed by atoms with van der Waals surface area (Å²) in [6, 6.07) is 19.6. The lowest BCUT2D eigenvalue weighted by Crippen LogP contribution is -2.15. The maximum absolute atomic E-state index is 12.7. The van der Waals surface area contributed by atoms with E-state index in [0.717, 1.165) is 5.56 Å². The maximum Gasteiger partial charge on any atom is 0.335 e. The van der Waals surface area contributed by atoms with Gasteiger partial charge in [0, 0.05) is 5.69 Å². The predicted octanol–water partition coefficient (Wildman–Crippen LogP) is 4.94. The van der Waals surface area contributed by atoms with E-state index < -0.39 is 16.0 Å². The first-order valence-corrected chi connectivity index (χ1v) is 11.9. The summed E-state index contributed by atoms with van der Waals surface area (Å²) < 4.78 is 39.0. The zero-order valence-corrected chi connectivity index (χ0v) is 19.6. The van der Waals surface area contributed by atoms with Crippen molar-refractivity contribution in [1.29, 1.82) is 0 Å². The van der Waals surface area contributed by atoms with Crippen molar-refractivity contribution in [3.05, 3.63) is 83.9 Å². The molecule has 0 aromatic heterocycles. The monoisotopic (exact) mass is 469 g/mol. The Morgan fingerprint density at radius 1 is 0.818 bits per heavy atom. The normalized spacial score (nSPS) is 11.6. The quantitative estimate of drug-likeness (QED) is 0.431. The summed E-state index contributed by atoms with van der Waals surface area (Å²) in [5.41, 5.74) is 1.62. The Morgan fingerprint density at radius 3 is 1.76 bits per heavy atom. The maximum atomic E-state index is 12.7. The minimum absolute atomic E-state index is 0.0540. The zero-order chi connectivity index (χ0) is 24.1. The Bertz CT molecular complexity index is 1180. The van der Waals surface area contributed by atoms with E-state index in [0.29, 0.717) is 17.2 Å². The van der Waals surface area contributed by atoms with Crippen LogP contribution in [0.1, 0.15) is 36.7 Å². The number of nitrogens with one attached hydrogen (secondary N) is 1. The van der Waals surface area contributed by atoms with Gasteiger partial charge in [-0.1, -0.05) is 32.9 Å². The molecule has 3 aromatic rings. The molecule has 3 rings (SSSR count). The summed E-state index contributed by atoms with van der Waals surface area (Å²) >= 11 is 0. The highest BCUT2D eigenvalue weighted by atomic mass is 32.2. The Hall–Kier alpha value is -3.52. The van der Waals surface area contributed by atoms with E-state index >= 15 is 0 Å². The molecule has 0 spiro atoms. The van der Waals surface area contributed by atoms with E-state index in [4.69, 9.17) is 14.6 Å². The van der Waals surface area contributed by atoms with Crippen LogP contribution in [0.3, 0.4) is 0 Å². The fourth-order valence-electron chi connectivity index (χ4n) is 2.98. The molecule has 2 N–H and O–H groups in total. The third-order valence-corrected chi connectivity index (χ3v) is 6.26. The second-order valence-electron chi connectivity index (χ2n) is 8.43. The summed E-state index contributed by atoms with van der Waals surface area (Å²) in [5, 5.41) is 8.89. The van der Waals surface area contributed by atoms with Crippen molar-refractivity contribution < 1.29 is 27.8 Å². The van der Waals surface area contributed by atoms with Gasteiger partial charge in [0.1, 0.15) is 24.7 Å². The van der Waals surface area contributed by atoms with Crippen molar-refractivity contribution in [2.45, 2.75) is 31.1 Å². The van der Waals surface area contributed by atoms with Gasteiger partial charge in [-0.25, -0.2) is 13.2 Å². The van der Waals surface area contributed by atoms with Crippen LogP contribution in [0.2, 0.25) is 0 Å². The van der Waals surface area contributed by atoms with Gasteiger partial charge in [-0.15, -0.1) is 0 Å². The molecule has 7 nitrogen and oxygen atoms in total. The highest BCUT2D eigenvalue weighted by Gasteiger charge is 2.17. The first kappa shape index (κ1) is 24.1. The molecule has 0 saturated heterocycles. The highest BCUT2D eigenvalue weighted by Crippen LogP contribution is 2.25. The molecule has 0 aliphatic rings. The zero-order valence-electron chi connectivity index (χ0n) is 18.7. The topological polar surface area (TPSA) is 102 Å². The molecule has 0 heterocycles. The number of benzene rings is 3. The van der Waals surface area contributed by atoms with Gasteiger partial charge in [-0.05, 0) is 71.6 Å². The molecule has 0 bridgehead atoms. The number of carboxylic acids is 1. The number of anilines is 1. The van der Waals surface area contributed by atoms with Gasteiger partial charge < -0.3 is 14.6 Å². The number of aromatic carboxylic acids is 1. The van der Waals surface area contributed by atoms with Gasteiger partial charge in [-0.2, -0.15) is 0 Å². The first-order valence-electron chi connectivity index (χ1n) is 10.4. The molecule has 8 heteroatoms. The highest BCUT2D eigenvalue weighted by molar-refractivity contribution is 7.92. The van der Waals surface area contributed by atoms with Gasteiger partial charge in [0.05, 0.1) is 10.5 Å². The number of rotatable bonds is 9. The molecule has 33 heavy (non-hydrogen) atoms. The summed E-state index contributed by atoms with van der Waals surface area (Å²) in [6.45, 7) is 6.76. The van der Waals surface area contributed by atoms with Crippen molar-refractivity contribution >= 4 is 21.7 Å². The van der Waals surface area contributed by atoms with Crippen LogP contribution in [0.5, 0.6) is 11.5 Å². The molecule has 3 aromatic carbocycles. The van der Waals surface area contributed by atoms with E-state index in [2.05, 4.69) is 25.5 Å². The second kappa shape index (κ2) is 9.95. The van der Waals surface area contributed by atoms with Crippen LogP contribution in [-0.4, -0.2) is 32.7 Å². The summed E-state index contributed by atoms with van der Waals surface area (Å²) in [6.07, 6.45) is 0. The summed E-state index contributed by atoms with van der Waals surface area (Å²) in [4.78, 5) is 11.0. The number of hydrogen-bond acceptors (Lipinski definition) is 5. The number of carbonyl (C=O) groups is 1. The van der Waals surface area contributed by atoms with Crippen LogP contribution in [0, 0.1) is 0 Å². The molecule has 0 aliphatic carbocycles. The van der Waals surface area contributed by atoms with Crippen LogP contribution in [0.25, 0.3) is 0 Å². The van der Waals surface area contributed by atoms with Gasteiger partial charge >= 0.3 is 5.97 Å². The predicted molar refractivity (Wildman–Crippen MR) is 127 cm³/mol. The lowest BCUT2D eigenvalue weighted by Gasteiger charge is -2.19. The first-order chi connectivity index (χ1) is 15.5. The van der Waals surface area contributed by atoms with Crippen molar-refractivity contribution in [2.24, 2.45) is 0 Å². The molecule has 0 amide bonds. The van der Waals surface area contributed by atoms with Gasteiger partial charge in [0.25, 0.3) is 10.0 Å². The van der Waals surface area contributed by atoms with Crippen LogP contribution in [0.15, 0.2) is 77.7 Å². The van der Waals surface area contributed by atoms with Crippen molar-refractivity contribution in [1.82, 2.24) is 0 Å². The lowest BCUT2D eigenvalue weighted by molar-refractivity contribution is 0.0696. The minimum atomic E-state index is -3.70. The second-order valence-corrected chi connectivity index (χ2v) is 10.1. The third kappa shape index (κ3) is 6.73. The molecule has 0 aliphatic heterocycles. The van der Waals surface area contributed by atoms with Gasteiger partial charge in [0.2, 0.25) is 0 Å². The number of sulfonamides is 1. The molecular weight excluding hydrogens is 442 g/mol. The van der Waals surface area contributed by atoms with Crippen molar-refractivity contribution in [3.8, 4) is 11.5 Å². The SMILES string of the molecule is CC(C)(C)c1ccc(S(=O)(=O)Nc2ccc(OCCOc3ccc(C(=O)O)cc3)cc2)cc1. The molecular formula is C25H27NO6S. The standard InChI is InChI=1S/C25H27NO6S/c1-25(2,3)19-6-14-23(15-7-19)33(29,30)26-20-8-12-22(13-9-20)32-17-16-31-21-10-4-18(5-11-21)24(27)28/h4-15,26H,16-17H2,1-3H3,(H,27,28). The fourth-order valence-corrected chi connectivity index (χ4v) is 4.04. The number of hydrogen-bond donors (Lipinski definition) is 2. The summed E-state index contributed by atoms with van der Waals surface area (Å²) in [7, 11) is -3.70. The Morgan fingerprint density at radius 2 is 1.30 bits per heavy atom. The van der Waals surface area contributed by atoms with Crippen LogP contribution in [-0.2, 0) is 15.4 Å². The average molecular weight is 470 g/mol. The number of ether oxygens (including phenoxy) is 2. The molecule has 0 fully saturated rings. The van der Waals surface area contributed by atoms with Crippen LogP contribution in [0.4, 0.5) is 5.69 Å². The van der Waals surface area contributed by atoms with E-state index in [-0.39, 0.29) is 29.1 Å². The molecule has 0 unspecified atom stereocenters. The Kier molecular flexibility index (Phi) is 7.28. The smallest absolute Gasteiger partial charge is 0.335 e. The van der Waals surface area contributed by atoms with Gasteiger partial charge in [0.15, 0.2) is 0 Å². The molecule has 174 valence electrons. The van der Waals surface area contributed by atoms with Gasteiger partial charge in [-0.3, -0.25) is 4.72 Å². The average Bonchev–Trinajstić information content (AvgIpc) is 2.77. The third-order valence-electron chi connectivity index (χ3n) is 4.86. The molecule has 0 radical (unpaired) electrons.